The zero-order chi connectivity index (χ0) is 9.35. The van der Waals surface area contributed by atoms with Crippen LogP contribution in [0.3, 0.4) is 0 Å². The molecule has 0 aliphatic rings. The van der Waals surface area contributed by atoms with Crippen LogP contribution in [0.1, 0.15) is 0 Å². The van der Waals surface area contributed by atoms with Crippen LogP contribution in [0.25, 0.3) is 0 Å². The maximum absolute atomic E-state index is 11.0. The minimum Gasteiger partial charge on any atom is -0.398 e. The van der Waals surface area contributed by atoms with E-state index in [-0.39, 0.29) is 22.3 Å². The van der Waals surface area contributed by atoms with Crippen molar-refractivity contribution in [1.29, 1.82) is 0 Å². The molecule has 74 valence electrons. The summed E-state index contributed by atoms with van der Waals surface area (Å²) < 4.78 is 22.0. The highest BCUT2D eigenvalue weighted by Gasteiger charge is 2.07. The molecule has 0 fully saturated rings. The highest BCUT2D eigenvalue weighted by atomic mass is 35.5. The Morgan fingerprint density at radius 2 is 1.92 bits per heavy atom. The van der Waals surface area contributed by atoms with E-state index < -0.39 is 9.84 Å². The Balaban J connectivity index is 0.00000144. The lowest BCUT2D eigenvalue weighted by atomic mass is 10.3. The first-order chi connectivity index (χ1) is 5.41. The number of benzene rings is 1. The fourth-order valence-electron chi connectivity index (χ4n) is 0.739. The number of nitrogens with two attached hydrogens (primary N) is 1. The lowest BCUT2D eigenvalue weighted by Crippen LogP contribution is -1.97. The van der Waals surface area contributed by atoms with E-state index in [0.717, 1.165) is 6.26 Å². The van der Waals surface area contributed by atoms with Crippen molar-refractivity contribution in [2.75, 3.05) is 12.0 Å². The van der Waals surface area contributed by atoms with Crippen molar-refractivity contribution < 1.29 is 8.42 Å². The normalized spacial score (nSPS) is 10.6. The van der Waals surface area contributed by atoms with Crippen molar-refractivity contribution in [2.24, 2.45) is 0 Å². The molecule has 2 N–H and O–H groups in total. The molecule has 0 radical (unpaired) electrons. The highest BCUT2D eigenvalue weighted by Crippen LogP contribution is 2.21. The molecule has 6 heteroatoms. The molecule has 0 aliphatic carbocycles. The van der Waals surface area contributed by atoms with Gasteiger partial charge in [0.1, 0.15) is 0 Å². The van der Waals surface area contributed by atoms with E-state index in [1.165, 1.54) is 18.2 Å². The van der Waals surface area contributed by atoms with Gasteiger partial charge in [-0.1, -0.05) is 11.6 Å². The molecule has 0 saturated carbocycles. The summed E-state index contributed by atoms with van der Waals surface area (Å²) in [5, 5.41) is 0.262. The second-order valence-corrected chi connectivity index (χ2v) is 4.88. The Hall–Kier alpha value is -0.450. The highest BCUT2D eigenvalue weighted by molar-refractivity contribution is 7.90. The van der Waals surface area contributed by atoms with Crippen LogP contribution < -0.4 is 5.73 Å². The van der Waals surface area contributed by atoms with Crippen molar-refractivity contribution in [3.63, 3.8) is 0 Å². The lowest BCUT2D eigenvalue weighted by Gasteiger charge is -2.00. The van der Waals surface area contributed by atoms with Gasteiger partial charge in [0.15, 0.2) is 9.84 Å². The fraction of sp³-hybridized carbons (Fsp3) is 0.143. The molecule has 0 atom stereocenters. The molecule has 1 aromatic carbocycles. The molecule has 0 bridgehead atoms. The average molecular weight is 242 g/mol. The number of hydrogen-bond acceptors (Lipinski definition) is 3. The van der Waals surface area contributed by atoms with Crippen molar-refractivity contribution in [1.82, 2.24) is 0 Å². The fourth-order valence-corrected chi connectivity index (χ4v) is 1.63. The summed E-state index contributed by atoms with van der Waals surface area (Å²) in [4.78, 5) is 0.182. The monoisotopic (exact) mass is 241 g/mol. The van der Waals surface area contributed by atoms with Gasteiger partial charge in [0.25, 0.3) is 0 Å². The summed E-state index contributed by atoms with van der Waals surface area (Å²) >= 11 is 5.63. The minimum atomic E-state index is -3.18. The SMILES string of the molecule is CS(=O)(=O)c1ccc(N)c(Cl)c1.Cl. The number of anilines is 1. The summed E-state index contributed by atoms with van der Waals surface area (Å²) in [6.45, 7) is 0. The Morgan fingerprint density at radius 1 is 1.38 bits per heavy atom. The largest absolute Gasteiger partial charge is 0.398 e. The number of halogens is 2. The van der Waals surface area contributed by atoms with Crippen LogP contribution in [0.15, 0.2) is 23.1 Å². The Bertz CT molecular complexity index is 403. The average Bonchev–Trinajstić information content (AvgIpc) is 1.92. The van der Waals surface area contributed by atoms with Gasteiger partial charge in [-0.3, -0.25) is 0 Å². The van der Waals surface area contributed by atoms with Gasteiger partial charge in [-0.25, -0.2) is 8.42 Å². The van der Waals surface area contributed by atoms with E-state index in [1.54, 1.807) is 0 Å². The zero-order valence-corrected chi connectivity index (χ0v) is 9.21. The van der Waals surface area contributed by atoms with Gasteiger partial charge in [0.05, 0.1) is 15.6 Å². The molecule has 0 aromatic heterocycles. The number of sulfone groups is 1. The number of hydrogen-bond donors (Lipinski definition) is 1. The topological polar surface area (TPSA) is 60.2 Å². The first-order valence-electron chi connectivity index (χ1n) is 3.16. The van der Waals surface area contributed by atoms with Crippen LogP contribution in [0.4, 0.5) is 5.69 Å². The molecule has 0 heterocycles. The van der Waals surface area contributed by atoms with Gasteiger partial charge < -0.3 is 5.73 Å². The Kier molecular flexibility index (Phi) is 4.03. The molecular weight excluding hydrogens is 233 g/mol. The third-order valence-electron chi connectivity index (χ3n) is 1.40. The summed E-state index contributed by atoms with van der Waals surface area (Å²) in [5.74, 6) is 0. The van der Waals surface area contributed by atoms with Gasteiger partial charge in [0, 0.05) is 6.26 Å². The second kappa shape index (κ2) is 4.17. The van der Waals surface area contributed by atoms with Crippen LogP contribution in [0.2, 0.25) is 5.02 Å². The summed E-state index contributed by atoms with van der Waals surface area (Å²) in [5.41, 5.74) is 5.78. The van der Waals surface area contributed by atoms with E-state index in [2.05, 4.69) is 0 Å². The van der Waals surface area contributed by atoms with Gasteiger partial charge in [-0.15, -0.1) is 12.4 Å². The minimum absolute atomic E-state index is 0. The van der Waals surface area contributed by atoms with Crippen LogP contribution in [0.5, 0.6) is 0 Å². The molecule has 13 heavy (non-hydrogen) atoms. The third-order valence-corrected chi connectivity index (χ3v) is 2.84. The van der Waals surface area contributed by atoms with E-state index in [4.69, 9.17) is 17.3 Å². The molecule has 0 spiro atoms. The van der Waals surface area contributed by atoms with Crippen molar-refractivity contribution in [2.45, 2.75) is 4.90 Å². The van der Waals surface area contributed by atoms with E-state index in [9.17, 15) is 8.42 Å². The van der Waals surface area contributed by atoms with Crippen LogP contribution >= 0.6 is 24.0 Å². The molecular formula is C7H9Cl2NO2S. The lowest BCUT2D eigenvalue weighted by molar-refractivity contribution is 0.602. The molecule has 0 unspecified atom stereocenters. The Labute approximate surface area is 88.2 Å². The van der Waals surface area contributed by atoms with Crippen LogP contribution in [-0.4, -0.2) is 14.7 Å². The molecule has 3 nitrogen and oxygen atoms in total. The first-order valence-corrected chi connectivity index (χ1v) is 5.43. The molecule has 0 aliphatic heterocycles. The summed E-state index contributed by atoms with van der Waals surface area (Å²) in [6.07, 6.45) is 1.12. The van der Waals surface area contributed by atoms with Gasteiger partial charge in [-0.2, -0.15) is 0 Å². The van der Waals surface area contributed by atoms with Crippen LogP contribution in [0, 0.1) is 0 Å². The summed E-state index contributed by atoms with van der Waals surface area (Å²) in [7, 11) is -3.18. The van der Waals surface area contributed by atoms with Crippen LogP contribution in [-0.2, 0) is 9.84 Å². The van der Waals surface area contributed by atoms with Crippen molar-refractivity contribution >= 4 is 39.5 Å². The zero-order valence-electron chi connectivity index (χ0n) is 6.82. The van der Waals surface area contributed by atoms with Crippen molar-refractivity contribution in [3.8, 4) is 0 Å². The second-order valence-electron chi connectivity index (χ2n) is 2.46. The van der Waals surface area contributed by atoms with E-state index in [1.807, 2.05) is 0 Å². The van der Waals surface area contributed by atoms with Gasteiger partial charge in [0.2, 0.25) is 0 Å². The molecule has 0 amide bonds. The number of rotatable bonds is 1. The predicted octanol–water partition coefficient (Wildman–Crippen LogP) is 1.75. The predicted molar refractivity (Wildman–Crippen MR) is 56.2 cm³/mol. The Morgan fingerprint density at radius 3 is 2.31 bits per heavy atom. The van der Waals surface area contributed by atoms with Gasteiger partial charge >= 0.3 is 0 Å². The standard InChI is InChI=1S/C7H8ClNO2S.ClH/c1-12(10,11)5-2-3-7(9)6(8)4-5;/h2-4H,9H2,1H3;1H. The van der Waals surface area contributed by atoms with Crippen molar-refractivity contribution in [3.05, 3.63) is 23.2 Å². The quantitative estimate of drug-likeness (QED) is 0.763. The third kappa shape index (κ3) is 3.06. The maximum atomic E-state index is 11.0. The van der Waals surface area contributed by atoms with E-state index >= 15 is 0 Å². The molecule has 0 saturated heterocycles. The summed E-state index contributed by atoms with van der Waals surface area (Å²) in [6, 6.07) is 4.24. The molecule has 1 rings (SSSR count). The van der Waals surface area contributed by atoms with E-state index in [0.29, 0.717) is 5.69 Å². The maximum Gasteiger partial charge on any atom is 0.175 e. The smallest absolute Gasteiger partial charge is 0.175 e. The molecule has 1 aromatic rings. The first kappa shape index (κ1) is 12.6. The van der Waals surface area contributed by atoms with Gasteiger partial charge in [-0.05, 0) is 18.2 Å². The number of nitrogen functional groups attached to an aromatic ring is 1.